The third kappa shape index (κ3) is 7.54. The van der Waals surface area contributed by atoms with Crippen molar-refractivity contribution in [2.45, 2.75) is 64.3 Å². The summed E-state index contributed by atoms with van der Waals surface area (Å²) in [7, 11) is 1.69. The van der Waals surface area contributed by atoms with E-state index in [1.807, 2.05) is 11.0 Å². The van der Waals surface area contributed by atoms with Crippen LogP contribution in [-0.2, 0) is 16.0 Å². The zero-order chi connectivity index (χ0) is 22.2. The average molecular weight is 497 g/mol. The van der Waals surface area contributed by atoms with E-state index in [0.717, 1.165) is 48.3 Å². The van der Waals surface area contributed by atoms with E-state index in [9.17, 15) is 9.18 Å². The predicted molar refractivity (Wildman–Crippen MR) is 127 cm³/mol. The van der Waals surface area contributed by atoms with Gasteiger partial charge in [-0.05, 0) is 107 Å². The molecule has 1 aliphatic carbocycles. The Morgan fingerprint density at radius 1 is 1.16 bits per heavy atom. The number of likely N-dealkylation sites (tertiary alicyclic amines) is 1. The van der Waals surface area contributed by atoms with E-state index in [1.54, 1.807) is 20.1 Å². The molecule has 1 aromatic carbocycles. The molecule has 31 heavy (non-hydrogen) atoms. The molecule has 0 spiro atoms. The highest BCUT2D eigenvalue weighted by Gasteiger charge is 2.28. The Labute approximate surface area is 195 Å². The van der Waals surface area contributed by atoms with Gasteiger partial charge in [0.1, 0.15) is 5.82 Å². The van der Waals surface area contributed by atoms with Gasteiger partial charge >= 0.3 is 0 Å². The quantitative estimate of drug-likeness (QED) is 0.465. The van der Waals surface area contributed by atoms with Crippen LogP contribution >= 0.6 is 15.9 Å². The predicted octanol–water partition coefficient (Wildman–Crippen LogP) is 5.29. The molecule has 0 aromatic heterocycles. The second-order valence-electron chi connectivity index (χ2n) is 9.39. The molecular weight excluding hydrogens is 459 g/mol. The summed E-state index contributed by atoms with van der Waals surface area (Å²) in [4.78, 5) is 16.6. The highest BCUT2D eigenvalue weighted by atomic mass is 79.9. The van der Waals surface area contributed by atoms with E-state index in [-0.39, 0.29) is 11.7 Å². The highest BCUT2D eigenvalue weighted by molar-refractivity contribution is 9.10. The van der Waals surface area contributed by atoms with Crippen LogP contribution in [0.4, 0.5) is 4.39 Å². The Morgan fingerprint density at radius 3 is 2.52 bits per heavy atom. The van der Waals surface area contributed by atoms with Crippen molar-refractivity contribution in [1.82, 2.24) is 9.80 Å². The van der Waals surface area contributed by atoms with Crippen molar-refractivity contribution < 1.29 is 13.9 Å². The molecule has 1 saturated heterocycles. The van der Waals surface area contributed by atoms with Gasteiger partial charge in [0.2, 0.25) is 5.91 Å². The first-order valence-corrected chi connectivity index (χ1v) is 12.7. The van der Waals surface area contributed by atoms with E-state index in [0.29, 0.717) is 25.1 Å². The summed E-state index contributed by atoms with van der Waals surface area (Å²) in [6.07, 6.45) is 9.33. The topological polar surface area (TPSA) is 32.8 Å². The summed E-state index contributed by atoms with van der Waals surface area (Å²) in [6.45, 7) is 6.50. The Kier molecular flexibility index (Phi) is 9.79. The van der Waals surface area contributed by atoms with Crippen LogP contribution in [0.3, 0.4) is 0 Å². The van der Waals surface area contributed by atoms with E-state index >= 15 is 0 Å². The third-order valence-corrected chi connectivity index (χ3v) is 8.05. The lowest BCUT2D eigenvalue weighted by atomic mass is 9.83. The van der Waals surface area contributed by atoms with Crippen molar-refractivity contribution in [3.05, 3.63) is 34.1 Å². The number of hydrogen-bond acceptors (Lipinski definition) is 3. The second kappa shape index (κ2) is 12.3. The van der Waals surface area contributed by atoms with Gasteiger partial charge in [0.05, 0.1) is 6.61 Å². The maximum absolute atomic E-state index is 13.5. The highest BCUT2D eigenvalue weighted by Crippen LogP contribution is 2.31. The molecule has 6 heteroatoms. The van der Waals surface area contributed by atoms with Crippen molar-refractivity contribution in [1.29, 1.82) is 0 Å². The standard InChI is InChI=1S/C25H38BrFN2O2/c1-19(30)29(15-16-31-2)24-6-3-20(4-7-24)9-12-28-13-10-21(11-14-28)17-22-18-23(27)5-8-25(22)26/h5,8,18,20-21,24H,3-4,6-7,9-17H2,1-2H3/t20-,24-. The van der Waals surface area contributed by atoms with Crippen molar-refractivity contribution in [3.8, 4) is 0 Å². The molecule has 4 nitrogen and oxygen atoms in total. The minimum atomic E-state index is -0.143. The largest absolute Gasteiger partial charge is 0.383 e. The first-order chi connectivity index (χ1) is 15.0. The van der Waals surface area contributed by atoms with Gasteiger partial charge in [-0.15, -0.1) is 0 Å². The van der Waals surface area contributed by atoms with Crippen molar-refractivity contribution in [2.75, 3.05) is 39.9 Å². The SMILES string of the molecule is COCCN(C(C)=O)[C@H]1CC[C@H](CCN2CCC(Cc3cc(F)ccc3Br)CC2)CC1. The minimum absolute atomic E-state index is 0.143. The number of ether oxygens (including phenoxy) is 1. The van der Waals surface area contributed by atoms with Crippen LogP contribution in [0.5, 0.6) is 0 Å². The molecule has 2 fully saturated rings. The van der Waals surface area contributed by atoms with E-state index < -0.39 is 0 Å². The van der Waals surface area contributed by atoms with Crippen LogP contribution < -0.4 is 0 Å². The van der Waals surface area contributed by atoms with Gasteiger partial charge in [-0.25, -0.2) is 4.39 Å². The van der Waals surface area contributed by atoms with Gasteiger partial charge in [0.25, 0.3) is 0 Å². The lowest BCUT2D eigenvalue weighted by Crippen LogP contribution is -2.43. The van der Waals surface area contributed by atoms with Crippen LogP contribution in [-0.4, -0.2) is 61.6 Å². The Balaban J connectivity index is 1.35. The number of nitrogens with zero attached hydrogens (tertiary/aromatic N) is 2. The summed E-state index contributed by atoms with van der Waals surface area (Å²) in [5, 5.41) is 0. The first-order valence-electron chi connectivity index (χ1n) is 11.9. The first kappa shape index (κ1) is 24.7. The Hall–Kier alpha value is -0.980. The molecule has 0 N–H and O–H groups in total. The maximum atomic E-state index is 13.5. The van der Waals surface area contributed by atoms with Crippen LogP contribution in [0.25, 0.3) is 0 Å². The summed E-state index contributed by atoms with van der Waals surface area (Å²) in [5.41, 5.74) is 1.10. The number of rotatable bonds is 9. The van der Waals surface area contributed by atoms with Crippen molar-refractivity contribution in [2.24, 2.45) is 11.8 Å². The number of hydrogen-bond donors (Lipinski definition) is 0. The summed E-state index contributed by atoms with van der Waals surface area (Å²) < 4.78 is 19.7. The van der Waals surface area contributed by atoms with Gasteiger partial charge in [-0.2, -0.15) is 0 Å². The van der Waals surface area contributed by atoms with Gasteiger partial charge < -0.3 is 14.5 Å². The lowest BCUT2D eigenvalue weighted by molar-refractivity contribution is -0.132. The normalized spacial score (nSPS) is 23.1. The molecule has 1 aliphatic heterocycles. The number of piperidine rings is 1. The molecule has 0 unspecified atom stereocenters. The number of halogens is 2. The molecule has 0 radical (unpaired) electrons. The molecule has 0 atom stereocenters. The van der Waals surface area contributed by atoms with Crippen molar-refractivity contribution in [3.63, 3.8) is 0 Å². The van der Waals surface area contributed by atoms with Crippen LogP contribution in [0.15, 0.2) is 22.7 Å². The monoisotopic (exact) mass is 496 g/mol. The summed E-state index contributed by atoms with van der Waals surface area (Å²) >= 11 is 3.57. The second-order valence-corrected chi connectivity index (χ2v) is 10.2. The Morgan fingerprint density at radius 2 is 1.87 bits per heavy atom. The fourth-order valence-corrected chi connectivity index (χ4v) is 5.73. The van der Waals surface area contributed by atoms with Gasteiger partial charge in [0, 0.05) is 31.1 Å². The van der Waals surface area contributed by atoms with Crippen LogP contribution in [0.1, 0.15) is 57.4 Å². The molecule has 0 bridgehead atoms. The van der Waals surface area contributed by atoms with E-state index in [4.69, 9.17) is 4.74 Å². The number of benzene rings is 1. The number of amides is 1. The fraction of sp³-hybridized carbons (Fsp3) is 0.720. The zero-order valence-corrected chi connectivity index (χ0v) is 20.7. The average Bonchev–Trinajstić information content (AvgIpc) is 2.77. The van der Waals surface area contributed by atoms with Gasteiger partial charge in [-0.3, -0.25) is 4.79 Å². The fourth-order valence-electron chi connectivity index (χ4n) is 5.32. The molecule has 1 saturated carbocycles. The van der Waals surface area contributed by atoms with E-state index in [2.05, 4.69) is 20.8 Å². The smallest absolute Gasteiger partial charge is 0.219 e. The zero-order valence-electron chi connectivity index (χ0n) is 19.1. The molecule has 174 valence electrons. The number of carbonyl (C=O) groups is 1. The molecule has 3 rings (SSSR count). The third-order valence-electron chi connectivity index (χ3n) is 7.27. The lowest BCUT2D eigenvalue weighted by Gasteiger charge is -2.37. The van der Waals surface area contributed by atoms with Crippen LogP contribution in [0.2, 0.25) is 0 Å². The molecular formula is C25H38BrFN2O2. The number of methoxy groups -OCH3 is 1. The van der Waals surface area contributed by atoms with Crippen molar-refractivity contribution >= 4 is 21.8 Å². The Bertz CT molecular complexity index is 701. The summed E-state index contributed by atoms with van der Waals surface area (Å²) in [5.74, 6) is 1.46. The van der Waals surface area contributed by atoms with Crippen LogP contribution in [0, 0.1) is 17.7 Å². The van der Waals surface area contributed by atoms with Gasteiger partial charge in [-0.1, -0.05) is 15.9 Å². The minimum Gasteiger partial charge on any atom is -0.383 e. The molecule has 2 aliphatic rings. The molecule has 1 heterocycles. The molecule has 1 amide bonds. The molecule has 1 aromatic rings. The van der Waals surface area contributed by atoms with E-state index in [1.165, 1.54) is 44.7 Å². The maximum Gasteiger partial charge on any atom is 0.219 e. The number of carbonyl (C=O) groups excluding carboxylic acids is 1. The summed E-state index contributed by atoms with van der Waals surface area (Å²) in [6, 6.07) is 5.40. The van der Waals surface area contributed by atoms with Gasteiger partial charge in [0.15, 0.2) is 0 Å².